The Hall–Kier alpha value is -1.83. The summed E-state index contributed by atoms with van der Waals surface area (Å²) in [7, 11) is 3.13. The molecular weight excluding hydrogens is 374 g/mol. The van der Waals surface area contributed by atoms with E-state index in [0.29, 0.717) is 30.2 Å². The van der Waals surface area contributed by atoms with Crippen molar-refractivity contribution in [2.45, 2.75) is 13.5 Å². The summed E-state index contributed by atoms with van der Waals surface area (Å²) in [6, 6.07) is 5.40. The van der Waals surface area contributed by atoms with E-state index in [-0.39, 0.29) is 18.3 Å². The zero-order valence-electron chi connectivity index (χ0n) is 15.2. The molecule has 0 unspecified atom stereocenters. The molecule has 2 aromatic rings. The van der Waals surface area contributed by atoms with E-state index in [4.69, 9.17) is 9.47 Å². The molecule has 6 nitrogen and oxygen atoms in total. The van der Waals surface area contributed by atoms with Crippen LogP contribution < -0.4 is 9.47 Å². The molecular formula is C18H24ClN3O3S. The first-order chi connectivity index (χ1) is 12.1. The fourth-order valence-electron chi connectivity index (χ4n) is 3.00. The number of carbonyl (C=O) groups excluding carboxylic acids is 1. The molecule has 1 fully saturated rings. The van der Waals surface area contributed by atoms with Gasteiger partial charge < -0.3 is 14.4 Å². The number of para-hydroxylation sites is 1. The summed E-state index contributed by atoms with van der Waals surface area (Å²) in [6.07, 6.45) is 0. The molecule has 2 heterocycles. The quantitative estimate of drug-likeness (QED) is 0.776. The number of amides is 1. The third-order valence-electron chi connectivity index (χ3n) is 4.32. The Balaban J connectivity index is 0.00000243. The number of piperazine rings is 1. The number of hydrogen-bond donors (Lipinski definition) is 0. The van der Waals surface area contributed by atoms with Crippen LogP contribution in [0.3, 0.4) is 0 Å². The first-order valence-electron chi connectivity index (χ1n) is 8.26. The number of aryl methyl sites for hydroxylation is 1. The minimum Gasteiger partial charge on any atom is -0.493 e. The van der Waals surface area contributed by atoms with E-state index in [9.17, 15) is 4.79 Å². The molecule has 26 heavy (non-hydrogen) atoms. The zero-order chi connectivity index (χ0) is 17.8. The van der Waals surface area contributed by atoms with Crippen molar-refractivity contribution in [3.63, 3.8) is 0 Å². The summed E-state index contributed by atoms with van der Waals surface area (Å²) in [6.45, 7) is 5.95. The van der Waals surface area contributed by atoms with E-state index in [1.165, 1.54) is 0 Å². The lowest BCUT2D eigenvalue weighted by molar-refractivity contribution is 0.0624. The van der Waals surface area contributed by atoms with Crippen LogP contribution in [0, 0.1) is 6.92 Å². The molecule has 1 saturated heterocycles. The van der Waals surface area contributed by atoms with Gasteiger partial charge in [0, 0.05) is 37.3 Å². The highest BCUT2D eigenvalue weighted by Gasteiger charge is 2.25. The number of aromatic nitrogens is 1. The average Bonchev–Trinajstić information content (AvgIpc) is 3.05. The summed E-state index contributed by atoms with van der Waals surface area (Å²) in [5, 5.41) is 3.20. The number of nitrogens with zero attached hydrogens (tertiary/aromatic N) is 3. The van der Waals surface area contributed by atoms with Crippen LogP contribution in [0.1, 0.15) is 21.1 Å². The fraction of sp³-hybridized carbons (Fsp3) is 0.444. The van der Waals surface area contributed by atoms with Gasteiger partial charge in [0.2, 0.25) is 0 Å². The van der Waals surface area contributed by atoms with Crippen LogP contribution in [0.5, 0.6) is 11.5 Å². The molecule has 0 bridgehead atoms. The van der Waals surface area contributed by atoms with E-state index in [0.717, 1.165) is 30.3 Å². The van der Waals surface area contributed by atoms with E-state index in [1.807, 2.05) is 17.9 Å². The molecule has 8 heteroatoms. The number of methoxy groups -OCH3 is 2. The second-order valence-electron chi connectivity index (χ2n) is 5.99. The highest BCUT2D eigenvalue weighted by Crippen LogP contribution is 2.31. The van der Waals surface area contributed by atoms with Gasteiger partial charge in [-0.25, -0.2) is 4.98 Å². The van der Waals surface area contributed by atoms with Crippen LogP contribution in [-0.2, 0) is 6.54 Å². The summed E-state index contributed by atoms with van der Waals surface area (Å²) >= 11 is 1.69. The summed E-state index contributed by atoms with van der Waals surface area (Å²) in [4.78, 5) is 21.6. The Bertz CT molecular complexity index is 745. The Kier molecular flexibility index (Phi) is 7.25. The van der Waals surface area contributed by atoms with Gasteiger partial charge in [0.15, 0.2) is 11.5 Å². The van der Waals surface area contributed by atoms with E-state index < -0.39 is 0 Å². The Morgan fingerprint density at radius 3 is 2.50 bits per heavy atom. The molecule has 0 saturated carbocycles. The molecule has 0 spiro atoms. The van der Waals surface area contributed by atoms with Crippen LogP contribution >= 0.6 is 23.7 Å². The van der Waals surface area contributed by atoms with Crippen LogP contribution in [0.4, 0.5) is 0 Å². The van der Waals surface area contributed by atoms with Gasteiger partial charge in [-0.05, 0) is 19.1 Å². The minimum absolute atomic E-state index is 0. The van der Waals surface area contributed by atoms with Gasteiger partial charge in [-0.1, -0.05) is 6.07 Å². The van der Waals surface area contributed by atoms with Crippen molar-refractivity contribution in [1.29, 1.82) is 0 Å². The van der Waals surface area contributed by atoms with Crippen LogP contribution in [0.2, 0.25) is 0 Å². The normalized spacial score (nSPS) is 14.7. The topological polar surface area (TPSA) is 54.9 Å². The van der Waals surface area contributed by atoms with Crippen molar-refractivity contribution in [3.8, 4) is 11.5 Å². The number of ether oxygens (including phenoxy) is 2. The van der Waals surface area contributed by atoms with Crippen LogP contribution in [-0.4, -0.2) is 61.1 Å². The Labute approximate surface area is 164 Å². The molecule has 3 rings (SSSR count). The second-order valence-corrected chi connectivity index (χ2v) is 6.93. The average molecular weight is 398 g/mol. The summed E-state index contributed by atoms with van der Waals surface area (Å²) in [5.74, 6) is 1.06. The van der Waals surface area contributed by atoms with Gasteiger partial charge in [-0.2, -0.15) is 0 Å². The molecule has 0 aliphatic carbocycles. The highest BCUT2D eigenvalue weighted by molar-refractivity contribution is 7.09. The third-order valence-corrected chi connectivity index (χ3v) is 5.27. The number of carbonyl (C=O) groups is 1. The van der Waals surface area contributed by atoms with Gasteiger partial charge in [0.25, 0.3) is 5.91 Å². The van der Waals surface area contributed by atoms with Gasteiger partial charge in [0.05, 0.1) is 26.3 Å². The van der Waals surface area contributed by atoms with E-state index >= 15 is 0 Å². The summed E-state index contributed by atoms with van der Waals surface area (Å²) in [5.41, 5.74) is 1.62. The molecule has 1 aliphatic rings. The van der Waals surface area contributed by atoms with Crippen LogP contribution in [0.25, 0.3) is 0 Å². The minimum atomic E-state index is -0.0134. The van der Waals surface area contributed by atoms with Crippen molar-refractivity contribution in [2.75, 3.05) is 40.4 Å². The lowest BCUT2D eigenvalue weighted by Gasteiger charge is -2.34. The maximum absolute atomic E-state index is 12.9. The van der Waals surface area contributed by atoms with Crippen molar-refractivity contribution < 1.29 is 14.3 Å². The molecule has 1 aromatic carbocycles. The van der Waals surface area contributed by atoms with E-state index in [1.54, 1.807) is 37.7 Å². The first-order valence-corrected chi connectivity index (χ1v) is 9.14. The largest absolute Gasteiger partial charge is 0.493 e. The van der Waals surface area contributed by atoms with Gasteiger partial charge in [-0.3, -0.25) is 9.69 Å². The molecule has 1 aromatic heterocycles. The van der Waals surface area contributed by atoms with E-state index in [2.05, 4.69) is 15.3 Å². The number of halogens is 1. The number of rotatable bonds is 5. The lowest BCUT2D eigenvalue weighted by atomic mass is 10.1. The van der Waals surface area contributed by atoms with Crippen molar-refractivity contribution in [1.82, 2.24) is 14.8 Å². The zero-order valence-corrected chi connectivity index (χ0v) is 16.9. The van der Waals surface area contributed by atoms with Crippen molar-refractivity contribution in [2.24, 2.45) is 0 Å². The van der Waals surface area contributed by atoms with Crippen molar-refractivity contribution >= 4 is 29.7 Å². The SMILES string of the molecule is COc1cccc(C(=O)N2CCN(Cc3nc(C)cs3)CC2)c1OC.Cl. The Morgan fingerprint density at radius 1 is 1.19 bits per heavy atom. The monoisotopic (exact) mass is 397 g/mol. The molecule has 1 aliphatic heterocycles. The molecule has 142 valence electrons. The molecule has 0 radical (unpaired) electrons. The fourth-order valence-corrected chi connectivity index (χ4v) is 3.81. The maximum Gasteiger partial charge on any atom is 0.257 e. The molecule has 0 N–H and O–H groups in total. The van der Waals surface area contributed by atoms with Gasteiger partial charge in [0.1, 0.15) is 5.01 Å². The van der Waals surface area contributed by atoms with Crippen LogP contribution in [0.15, 0.2) is 23.6 Å². The molecule has 1 amide bonds. The maximum atomic E-state index is 12.9. The van der Waals surface area contributed by atoms with Crippen molar-refractivity contribution in [3.05, 3.63) is 39.8 Å². The Morgan fingerprint density at radius 2 is 1.92 bits per heavy atom. The predicted octanol–water partition coefficient (Wildman–Crippen LogP) is 2.85. The first kappa shape index (κ1) is 20.5. The third kappa shape index (κ3) is 4.47. The predicted molar refractivity (Wildman–Crippen MR) is 105 cm³/mol. The van der Waals surface area contributed by atoms with Gasteiger partial charge in [-0.15, -0.1) is 23.7 Å². The standard InChI is InChI=1S/C18H23N3O3S.ClH/c1-13-12-25-16(19-13)11-20-7-9-21(10-8-20)18(22)14-5-4-6-15(23-2)17(14)24-3;/h4-6,12H,7-11H2,1-3H3;1H. The molecule has 0 atom stereocenters. The number of benzene rings is 1. The number of hydrogen-bond acceptors (Lipinski definition) is 6. The summed E-state index contributed by atoms with van der Waals surface area (Å²) < 4.78 is 10.7. The number of thiazole rings is 1. The second kappa shape index (κ2) is 9.21. The lowest BCUT2D eigenvalue weighted by Crippen LogP contribution is -2.48. The highest BCUT2D eigenvalue weighted by atomic mass is 35.5. The smallest absolute Gasteiger partial charge is 0.257 e. The van der Waals surface area contributed by atoms with Gasteiger partial charge >= 0.3 is 0 Å².